The summed E-state index contributed by atoms with van der Waals surface area (Å²) >= 11 is 3.19. The summed E-state index contributed by atoms with van der Waals surface area (Å²) in [5, 5.41) is 19.0. The van der Waals surface area contributed by atoms with E-state index in [1.54, 1.807) is 6.07 Å². The molecular weight excluding hydrogens is 546 g/mol. The molecule has 5 rings (SSSR count). The lowest BCUT2D eigenvalue weighted by molar-refractivity contribution is -0.142. The van der Waals surface area contributed by atoms with E-state index in [1.165, 1.54) is 25.3 Å². The third kappa shape index (κ3) is 4.03. The fraction of sp³-hybridized carbons (Fsp3) is 0.370. The minimum atomic E-state index is -1.00. The van der Waals surface area contributed by atoms with Crippen LogP contribution in [0.1, 0.15) is 37.2 Å². The number of carbonyl (C=O) groups excluding carboxylic acids is 4. The summed E-state index contributed by atoms with van der Waals surface area (Å²) in [7, 11) is 1.44. The molecule has 1 heterocycles. The van der Waals surface area contributed by atoms with Crippen LogP contribution in [0.3, 0.4) is 0 Å². The fourth-order valence-corrected chi connectivity index (χ4v) is 6.62. The Bertz CT molecular complexity index is 1360. The zero-order valence-corrected chi connectivity index (χ0v) is 21.5. The largest absolute Gasteiger partial charge is 0.508 e. The van der Waals surface area contributed by atoms with E-state index in [9.17, 15) is 29.1 Å². The number of nitrogens with zero attached hydrogens (tertiary/aromatic N) is 1. The monoisotopic (exact) mass is 569 g/mol. The molecular formula is C27H24BrNO8. The first-order valence-corrected chi connectivity index (χ1v) is 12.8. The number of halogens is 1. The number of fused-ring (bicyclic) bond motifs is 3. The molecule has 1 aromatic carbocycles. The Hall–Kier alpha value is -3.53. The van der Waals surface area contributed by atoms with Crippen molar-refractivity contribution < 1.29 is 38.9 Å². The first-order valence-electron chi connectivity index (χ1n) is 12.0. The van der Waals surface area contributed by atoms with Gasteiger partial charge >= 0.3 is 5.97 Å². The molecule has 10 heteroatoms. The third-order valence-corrected chi connectivity index (χ3v) is 8.31. The highest BCUT2D eigenvalue weighted by atomic mass is 79.9. The lowest BCUT2D eigenvalue weighted by Crippen LogP contribution is -2.39. The van der Waals surface area contributed by atoms with E-state index in [2.05, 4.69) is 15.9 Å². The number of ketones is 2. The highest BCUT2D eigenvalue weighted by Gasteiger charge is 2.56. The lowest BCUT2D eigenvalue weighted by Gasteiger charge is -2.42. The van der Waals surface area contributed by atoms with Crippen LogP contribution in [0.5, 0.6) is 11.5 Å². The van der Waals surface area contributed by atoms with Gasteiger partial charge in [0.25, 0.3) is 0 Å². The van der Waals surface area contributed by atoms with Crippen molar-refractivity contribution in [2.75, 3.05) is 13.7 Å². The molecule has 1 saturated heterocycles. The van der Waals surface area contributed by atoms with Gasteiger partial charge in [0.1, 0.15) is 11.5 Å². The van der Waals surface area contributed by atoms with Gasteiger partial charge in [-0.3, -0.25) is 28.9 Å². The average Bonchev–Trinajstić information content (AvgIpc) is 3.11. The number of rotatable bonds is 6. The number of carboxylic acid groups (broad SMARTS) is 1. The van der Waals surface area contributed by atoms with Gasteiger partial charge in [-0.15, -0.1) is 0 Å². The molecule has 37 heavy (non-hydrogen) atoms. The third-order valence-electron chi connectivity index (χ3n) is 7.72. The quantitative estimate of drug-likeness (QED) is 0.303. The first kappa shape index (κ1) is 25.1. The van der Waals surface area contributed by atoms with Gasteiger partial charge in [-0.05, 0) is 47.2 Å². The Labute approximate surface area is 220 Å². The van der Waals surface area contributed by atoms with Crippen molar-refractivity contribution >= 4 is 45.3 Å². The van der Waals surface area contributed by atoms with Gasteiger partial charge in [-0.2, -0.15) is 0 Å². The van der Waals surface area contributed by atoms with E-state index < -0.39 is 29.6 Å². The summed E-state index contributed by atoms with van der Waals surface area (Å²) < 4.78 is 5.66. The predicted octanol–water partition coefficient (Wildman–Crippen LogP) is 3.03. The summed E-state index contributed by atoms with van der Waals surface area (Å²) in [6.45, 7) is 0.0217. The van der Waals surface area contributed by atoms with Gasteiger partial charge in [-0.1, -0.05) is 17.7 Å². The lowest BCUT2D eigenvalue weighted by atomic mass is 9.59. The molecule has 0 aromatic heterocycles. The molecule has 0 bridgehead atoms. The van der Waals surface area contributed by atoms with Crippen LogP contribution >= 0.6 is 15.9 Å². The number of amides is 2. The first-order chi connectivity index (χ1) is 17.6. The maximum atomic E-state index is 13.5. The Morgan fingerprint density at radius 2 is 1.92 bits per heavy atom. The SMILES string of the molecule is COc1cc(O)ccc1C1C2=CCC3C(=O)N(CCCC(=O)O)C(=O)C3C2CC2=C1C(=O)C=C(Br)C2=O. The van der Waals surface area contributed by atoms with Crippen LogP contribution in [0.4, 0.5) is 0 Å². The Kier molecular flexibility index (Phi) is 6.39. The van der Waals surface area contributed by atoms with Gasteiger partial charge in [0, 0.05) is 47.7 Å². The van der Waals surface area contributed by atoms with Crippen molar-refractivity contribution in [2.45, 2.75) is 31.6 Å². The Morgan fingerprint density at radius 1 is 1.16 bits per heavy atom. The molecule has 0 radical (unpaired) electrons. The zero-order valence-electron chi connectivity index (χ0n) is 19.9. The number of Topliss-reactive ketones (excluding diaryl/α,β-unsaturated/α-hetero) is 1. The van der Waals surface area contributed by atoms with Crippen LogP contribution in [0.2, 0.25) is 0 Å². The Balaban J connectivity index is 1.61. The van der Waals surface area contributed by atoms with Crippen LogP contribution in [-0.2, 0) is 24.0 Å². The second kappa shape index (κ2) is 9.41. The topological polar surface area (TPSA) is 138 Å². The number of methoxy groups -OCH3 is 1. The number of aliphatic carboxylic acids is 1. The van der Waals surface area contributed by atoms with Crippen molar-refractivity contribution in [1.29, 1.82) is 0 Å². The van der Waals surface area contributed by atoms with Crippen molar-refractivity contribution in [2.24, 2.45) is 17.8 Å². The molecule has 3 aliphatic carbocycles. The number of carboxylic acids is 1. The van der Waals surface area contributed by atoms with Gasteiger partial charge in [-0.25, -0.2) is 0 Å². The average molecular weight is 570 g/mol. The molecule has 0 saturated carbocycles. The standard InChI is InChI=1S/C27H24BrNO8/c1-37-20-9-12(30)4-5-14(20)22-13-6-7-15-23(27(36)29(26(15)35)8-2-3-21(32)33)16(13)10-17-24(22)19(31)11-18(28)25(17)34/h4-6,9,11,15-16,22-23,30H,2-3,7-8,10H2,1H3,(H,32,33). The number of imide groups is 1. The van der Waals surface area contributed by atoms with Crippen molar-refractivity contribution in [3.63, 3.8) is 0 Å². The van der Waals surface area contributed by atoms with E-state index in [0.29, 0.717) is 22.5 Å². The van der Waals surface area contributed by atoms with Gasteiger partial charge in [0.05, 0.1) is 23.4 Å². The molecule has 2 N–H and O–H groups in total. The molecule has 4 aliphatic rings. The van der Waals surface area contributed by atoms with E-state index in [4.69, 9.17) is 9.84 Å². The number of ether oxygens (including phenoxy) is 1. The molecule has 1 aliphatic heterocycles. The van der Waals surface area contributed by atoms with Crippen LogP contribution in [0, 0.1) is 17.8 Å². The number of likely N-dealkylation sites (tertiary alicyclic amines) is 1. The summed E-state index contributed by atoms with van der Waals surface area (Å²) in [4.78, 5) is 65.3. The zero-order chi connectivity index (χ0) is 26.6. The maximum absolute atomic E-state index is 13.5. The highest BCUT2D eigenvalue weighted by Crippen LogP contribution is 2.56. The van der Waals surface area contributed by atoms with E-state index in [0.717, 1.165) is 10.5 Å². The van der Waals surface area contributed by atoms with E-state index >= 15 is 0 Å². The van der Waals surface area contributed by atoms with E-state index in [-0.39, 0.29) is 65.8 Å². The smallest absolute Gasteiger partial charge is 0.303 e. The number of phenolic OH excluding ortho intramolecular Hbond substituents is 1. The number of hydrogen-bond donors (Lipinski definition) is 2. The molecule has 2 amide bonds. The number of allylic oxidation sites excluding steroid dienone is 6. The van der Waals surface area contributed by atoms with Crippen LogP contribution in [0.15, 0.2) is 51.6 Å². The Morgan fingerprint density at radius 3 is 2.62 bits per heavy atom. The maximum Gasteiger partial charge on any atom is 0.303 e. The van der Waals surface area contributed by atoms with Crippen molar-refractivity contribution in [3.8, 4) is 11.5 Å². The van der Waals surface area contributed by atoms with Gasteiger partial charge in [0.15, 0.2) is 11.6 Å². The number of aromatic hydroxyl groups is 1. The van der Waals surface area contributed by atoms with Gasteiger partial charge in [0.2, 0.25) is 11.8 Å². The summed E-state index contributed by atoms with van der Waals surface area (Å²) in [5.41, 5.74) is 1.95. The second-order valence-electron chi connectivity index (χ2n) is 9.65. The van der Waals surface area contributed by atoms with Crippen molar-refractivity contribution in [1.82, 2.24) is 4.90 Å². The number of hydrogen-bond acceptors (Lipinski definition) is 7. The fourth-order valence-electron chi connectivity index (χ4n) is 6.17. The number of carbonyl (C=O) groups is 5. The van der Waals surface area contributed by atoms with Crippen LogP contribution < -0.4 is 4.74 Å². The molecule has 4 unspecified atom stereocenters. The molecule has 0 spiro atoms. The molecule has 1 aromatic rings. The minimum Gasteiger partial charge on any atom is -0.508 e. The van der Waals surface area contributed by atoms with Gasteiger partial charge < -0.3 is 14.9 Å². The second-order valence-corrected chi connectivity index (χ2v) is 10.5. The minimum absolute atomic E-state index is 0.0217. The van der Waals surface area contributed by atoms with E-state index in [1.807, 2.05) is 6.08 Å². The molecule has 192 valence electrons. The number of phenols is 1. The predicted molar refractivity (Wildman–Crippen MR) is 133 cm³/mol. The number of benzene rings is 1. The van der Waals surface area contributed by atoms with Crippen LogP contribution in [0.25, 0.3) is 0 Å². The summed E-state index contributed by atoms with van der Waals surface area (Å²) in [6, 6.07) is 4.55. The summed E-state index contributed by atoms with van der Waals surface area (Å²) in [5.74, 6) is -4.59. The molecule has 4 atom stereocenters. The molecule has 1 fully saturated rings. The molecule has 9 nitrogen and oxygen atoms in total. The highest BCUT2D eigenvalue weighted by molar-refractivity contribution is 9.12. The van der Waals surface area contributed by atoms with Crippen LogP contribution in [-0.4, -0.2) is 58.1 Å². The summed E-state index contributed by atoms with van der Waals surface area (Å²) in [6.07, 6.45) is 3.57. The van der Waals surface area contributed by atoms with Crippen molar-refractivity contribution in [3.05, 3.63) is 57.1 Å². The normalized spacial score (nSPS) is 26.9.